The third kappa shape index (κ3) is 3.34. The van der Waals surface area contributed by atoms with E-state index in [9.17, 15) is 9.18 Å². The smallest absolute Gasteiger partial charge is 0.313 e. The van der Waals surface area contributed by atoms with Crippen molar-refractivity contribution in [1.82, 2.24) is 0 Å². The van der Waals surface area contributed by atoms with Crippen LogP contribution in [0.15, 0.2) is 53.4 Å². The second-order valence-corrected chi connectivity index (χ2v) is 4.76. The summed E-state index contributed by atoms with van der Waals surface area (Å²) >= 11 is 1.28. The highest BCUT2D eigenvalue weighted by atomic mass is 32.2. The van der Waals surface area contributed by atoms with Crippen LogP contribution in [0.2, 0.25) is 0 Å². The molecular formula is C14H11FO2S. The van der Waals surface area contributed by atoms with Gasteiger partial charge < -0.3 is 5.11 Å². The lowest BCUT2D eigenvalue weighted by molar-refractivity contribution is -0.133. The first-order valence-corrected chi connectivity index (χ1v) is 6.34. The zero-order valence-corrected chi connectivity index (χ0v) is 10.3. The zero-order chi connectivity index (χ0) is 13.0. The lowest BCUT2D eigenvalue weighted by Crippen LogP contribution is -1.97. The Labute approximate surface area is 108 Å². The number of hydrogen-bond acceptors (Lipinski definition) is 2. The Morgan fingerprint density at radius 1 is 1.00 bits per heavy atom. The van der Waals surface area contributed by atoms with Crippen molar-refractivity contribution in [2.24, 2.45) is 0 Å². The summed E-state index contributed by atoms with van der Waals surface area (Å²) in [4.78, 5) is 11.3. The van der Waals surface area contributed by atoms with Gasteiger partial charge in [0.25, 0.3) is 0 Å². The highest BCUT2D eigenvalue weighted by Gasteiger charge is 2.01. The molecule has 0 bridgehead atoms. The Bertz CT molecular complexity index is 535. The number of carboxylic acid groups (broad SMARTS) is 1. The first-order valence-electron chi connectivity index (χ1n) is 5.36. The maximum Gasteiger partial charge on any atom is 0.313 e. The van der Waals surface area contributed by atoms with E-state index in [0.29, 0.717) is 0 Å². The van der Waals surface area contributed by atoms with Crippen LogP contribution in [0.5, 0.6) is 0 Å². The van der Waals surface area contributed by atoms with Crippen molar-refractivity contribution >= 4 is 17.7 Å². The van der Waals surface area contributed by atoms with Gasteiger partial charge in [-0.2, -0.15) is 0 Å². The largest absolute Gasteiger partial charge is 0.481 e. The molecule has 0 aliphatic heterocycles. The van der Waals surface area contributed by atoms with E-state index in [2.05, 4.69) is 0 Å². The summed E-state index contributed by atoms with van der Waals surface area (Å²) < 4.78 is 12.8. The molecule has 1 N–H and O–H groups in total. The minimum Gasteiger partial charge on any atom is -0.481 e. The average Bonchev–Trinajstić information content (AvgIpc) is 2.38. The van der Waals surface area contributed by atoms with Crippen molar-refractivity contribution in [2.45, 2.75) is 4.90 Å². The van der Waals surface area contributed by atoms with Crippen LogP contribution in [-0.2, 0) is 4.79 Å². The molecule has 2 nitrogen and oxygen atoms in total. The fraction of sp³-hybridized carbons (Fsp3) is 0.0714. The van der Waals surface area contributed by atoms with Crippen molar-refractivity contribution in [1.29, 1.82) is 0 Å². The van der Waals surface area contributed by atoms with Crippen LogP contribution in [0.1, 0.15) is 0 Å². The highest BCUT2D eigenvalue weighted by Crippen LogP contribution is 2.24. The molecule has 2 rings (SSSR count). The second kappa shape index (κ2) is 5.69. The maximum atomic E-state index is 12.8. The van der Waals surface area contributed by atoms with Crippen LogP contribution in [0.4, 0.5) is 4.39 Å². The van der Waals surface area contributed by atoms with Crippen LogP contribution in [0.25, 0.3) is 11.1 Å². The van der Waals surface area contributed by atoms with Crippen LogP contribution < -0.4 is 0 Å². The third-order valence-corrected chi connectivity index (χ3v) is 3.39. The van der Waals surface area contributed by atoms with E-state index in [1.807, 2.05) is 24.3 Å². The first-order chi connectivity index (χ1) is 8.65. The fourth-order valence-electron chi connectivity index (χ4n) is 1.53. The Hall–Kier alpha value is -1.81. The Morgan fingerprint density at radius 2 is 1.50 bits per heavy atom. The second-order valence-electron chi connectivity index (χ2n) is 3.71. The quantitative estimate of drug-likeness (QED) is 0.854. The lowest BCUT2D eigenvalue weighted by atomic mass is 10.1. The molecule has 0 radical (unpaired) electrons. The Morgan fingerprint density at radius 3 is 2.00 bits per heavy atom. The monoisotopic (exact) mass is 262 g/mol. The van der Waals surface area contributed by atoms with Crippen molar-refractivity contribution in [3.63, 3.8) is 0 Å². The molecule has 0 aliphatic carbocycles. The van der Waals surface area contributed by atoms with Crippen molar-refractivity contribution in [3.05, 3.63) is 54.3 Å². The van der Waals surface area contributed by atoms with Gasteiger partial charge in [0.05, 0.1) is 5.75 Å². The molecule has 18 heavy (non-hydrogen) atoms. The van der Waals surface area contributed by atoms with E-state index in [4.69, 9.17) is 5.11 Å². The summed E-state index contributed by atoms with van der Waals surface area (Å²) in [5.41, 5.74) is 1.92. The van der Waals surface area contributed by atoms with Gasteiger partial charge in [0, 0.05) is 4.90 Å². The summed E-state index contributed by atoms with van der Waals surface area (Å²) in [7, 11) is 0. The molecule has 0 atom stereocenters. The number of benzene rings is 2. The zero-order valence-electron chi connectivity index (χ0n) is 9.47. The maximum absolute atomic E-state index is 12.8. The van der Waals surface area contributed by atoms with E-state index in [0.717, 1.165) is 16.0 Å². The topological polar surface area (TPSA) is 37.3 Å². The molecule has 2 aromatic rings. The normalized spacial score (nSPS) is 10.3. The van der Waals surface area contributed by atoms with Gasteiger partial charge in [-0.3, -0.25) is 4.79 Å². The predicted octanol–water partition coefficient (Wildman–Crippen LogP) is 3.67. The van der Waals surface area contributed by atoms with E-state index in [1.54, 1.807) is 12.1 Å². The summed E-state index contributed by atoms with van der Waals surface area (Å²) in [5, 5.41) is 8.58. The van der Waals surface area contributed by atoms with Gasteiger partial charge in [0.15, 0.2) is 0 Å². The highest BCUT2D eigenvalue weighted by molar-refractivity contribution is 8.00. The molecule has 0 heterocycles. The van der Waals surface area contributed by atoms with Crippen LogP contribution in [0.3, 0.4) is 0 Å². The number of carboxylic acids is 1. The molecule has 0 fully saturated rings. The van der Waals surface area contributed by atoms with Gasteiger partial charge in [0.1, 0.15) is 5.82 Å². The number of rotatable bonds is 4. The summed E-state index contributed by atoms with van der Waals surface area (Å²) in [6, 6.07) is 13.8. The fourth-order valence-corrected chi connectivity index (χ4v) is 2.15. The minimum atomic E-state index is -0.831. The molecule has 0 aromatic heterocycles. The molecule has 4 heteroatoms. The summed E-state index contributed by atoms with van der Waals surface area (Å²) in [6.07, 6.45) is 0. The minimum absolute atomic E-state index is 0.0515. The van der Waals surface area contributed by atoms with Gasteiger partial charge in [-0.25, -0.2) is 4.39 Å². The molecule has 2 aromatic carbocycles. The molecule has 0 aliphatic rings. The molecule has 92 valence electrons. The van der Waals surface area contributed by atoms with Crippen molar-refractivity contribution in [3.8, 4) is 11.1 Å². The lowest BCUT2D eigenvalue weighted by Gasteiger charge is -2.03. The van der Waals surface area contributed by atoms with E-state index >= 15 is 0 Å². The van der Waals surface area contributed by atoms with E-state index in [1.165, 1.54) is 23.9 Å². The van der Waals surface area contributed by atoms with Crippen LogP contribution in [0, 0.1) is 5.82 Å². The molecular weight excluding hydrogens is 251 g/mol. The SMILES string of the molecule is O=C(O)CSc1ccc(-c2ccc(F)cc2)cc1. The molecule has 0 amide bonds. The first kappa shape index (κ1) is 12.6. The number of halogens is 1. The standard InChI is InChI=1S/C14H11FO2S/c15-12-5-1-10(2-6-12)11-3-7-13(8-4-11)18-9-14(16)17/h1-8H,9H2,(H,16,17). The summed E-state index contributed by atoms with van der Waals surface area (Å²) in [5.74, 6) is -1.04. The average molecular weight is 262 g/mol. The Balaban J connectivity index is 2.12. The molecule has 0 saturated heterocycles. The molecule has 0 unspecified atom stereocenters. The predicted molar refractivity (Wildman–Crippen MR) is 70.2 cm³/mol. The van der Waals surface area contributed by atoms with Crippen LogP contribution >= 0.6 is 11.8 Å². The van der Waals surface area contributed by atoms with E-state index in [-0.39, 0.29) is 11.6 Å². The Kier molecular flexibility index (Phi) is 3.99. The number of hydrogen-bond donors (Lipinski definition) is 1. The van der Waals surface area contributed by atoms with Gasteiger partial charge >= 0.3 is 5.97 Å². The van der Waals surface area contributed by atoms with Crippen molar-refractivity contribution < 1.29 is 14.3 Å². The number of thioether (sulfide) groups is 1. The van der Waals surface area contributed by atoms with Gasteiger partial charge in [0.2, 0.25) is 0 Å². The molecule has 0 spiro atoms. The van der Waals surface area contributed by atoms with Gasteiger partial charge in [-0.1, -0.05) is 24.3 Å². The molecule has 0 saturated carbocycles. The summed E-state index contributed by atoms with van der Waals surface area (Å²) in [6.45, 7) is 0. The number of carbonyl (C=O) groups is 1. The number of aliphatic carboxylic acids is 1. The van der Waals surface area contributed by atoms with Crippen LogP contribution in [-0.4, -0.2) is 16.8 Å². The third-order valence-electron chi connectivity index (χ3n) is 2.39. The van der Waals surface area contributed by atoms with E-state index < -0.39 is 5.97 Å². The van der Waals surface area contributed by atoms with Gasteiger partial charge in [-0.05, 0) is 35.4 Å². The van der Waals surface area contributed by atoms with Gasteiger partial charge in [-0.15, -0.1) is 11.8 Å². The van der Waals surface area contributed by atoms with Crippen molar-refractivity contribution in [2.75, 3.05) is 5.75 Å².